The summed E-state index contributed by atoms with van der Waals surface area (Å²) in [5, 5.41) is 3.14. The number of nitrogens with one attached hydrogen (secondary N) is 1. The fourth-order valence-electron chi connectivity index (χ4n) is 5.69. The minimum atomic E-state index is -0.0383. The summed E-state index contributed by atoms with van der Waals surface area (Å²) in [5.41, 5.74) is 6.00. The molecule has 0 atom stereocenters. The first-order valence-electron chi connectivity index (χ1n) is 13.2. The van der Waals surface area contributed by atoms with E-state index >= 15 is 0 Å². The largest absolute Gasteiger partial charge is 0.369 e. The van der Waals surface area contributed by atoms with E-state index in [2.05, 4.69) is 66.3 Å². The van der Waals surface area contributed by atoms with Gasteiger partial charge in [0.15, 0.2) is 0 Å². The third-order valence-electron chi connectivity index (χ3n) is 7.88. The highest BCUT2D eigenvalue weighted by Crippen LogP contribution is 2.33. The predicted octanol–water partition coefficient (Wildman–Crippen LogP) is 5.20. The molecule has 0 radical (unpaired) electrons. The normalized spacial score (nSPS) is 17.9. The average Bonchev–Trinajstić information content (AvgIpc) is 3.21. The van der Waals surface area contributed by atoms with E-state index in [-0.39, 0.29) is 5.91 Å². The van der Waals surface area contributed by atoms with Crippen molar-refractivity contribution < 1.29 is 4.79 Å². The monoisotopic (exact) mass is 487 g/mol. The molecule has 4 rings (SSSR count). The van der Waals surface area contributed by atoms with Crippen LogP contribution in [0.2, 0.25) is 0 Å². The molecule has 192 valence electrons. The second-order valence-electron chi connectivity index (χ2n) is 10.2. The lowest BCUT2D eigenvalue weighted by Gasteiger charge is -2.40. The van der Waals surface area contributed by atoms with Crippen LogP contribution in [0.15, 0.2) is 43.0 Å². The summed E-state index contributed by atoms with van der Waals surface area (Å²) in [4.78, 5) is 22.9. The maximum Gasteiger partial charge on any atom is 0.251 e. The highest BCUT2D eigenvalue weighted by Gasteiger charge is 2.28. The van der Waals surface area contributed by atoms with Gasteiger partial charge in [0, 0.05) is 49.9 Å². The second kappa shape index (κ2) is 11.3. The molecule has 1 saturated carbocycles. The fraction of sp³-hybridized carbons (Fsp3) is 0.467. The number of aryl methyl sites for hydroxylation is 1. The molecule has 1 aliphatic carbocycles. The number of fused-ring (bicyclic) bond motifs is 1. The van der Waals surface area contributed by atoms with Crippen molar-refractivity contribution in [1.82, 2.24) is 19.8 Å². The van der Waals surface area contributed by atoms with Crippen molar-refractivity contribution in [3.8, 4) is 0 Å². The van der Waals surface area contributed by atoms with Gasteiger partial charge in [-0.25, -0.2) is 4.98 Å². The number of hydrogen-bond donors (Lipinski definition) is 1. The molecule has 0 aliphatic heterocycles. The summed E-state index contributed by atoms with van der Waals surface area (Å²) in [5.74, 6) is 0.933. The Morgan fingerprint density at radius 3 is 2.50 bits per heavy atom. The minimum Gasteiger partial charge on any atom is -0.369 e. The molecule has 0 unspecified atom stereocenters. The number of carbonyl (C=O) groups excluding carboxylic acids is 1. The summed E-state index contributed by atoms with van der Waals surface area (Å²) in [6.07, 6.45) is 7.30. The Kier molecular flexibility index (Phi) is 8.14. The third kappa shape index (κ3) is 5.34. The van der Waals surface area contributed by atoms with Gasteiger partial charge in [0.1, 0.15) is 5.82 Å². The van der Waals surface area contributed by atoms with E-state index in [1.165, 1.54) is 25.7 Å². The molecule has 1 aliphatic rings. The smallest absolute Gasteiger partial charge is 0.251 e. The zero-order chi connectivity index (χ0) is 25.8. The van der Waals surface area contributed by atoms with E-state index < -0.39 is 0 Å². The van der Waals surface area contributed by atoms with Gasteiger partial charge in [0.25, 0.3) is 5.91 Å². The van der Waals surface area contributed by atoms with Crippen molar-refractivity contribution in [3.05, 3.63) is 65.5 Å². The number of aromatic nitrogens is 2. The number of imidazole rings is 1. The summed E-state index contributed by atoms with van der Waals surface area (Å²) in [6.45, 7) is 9.75. The first-order chi connectivity index (χ1) is 17.3. The van der Waals surface area contributed by atoms with Crippen molar-refractivity contribution in [3.63, 3.8) is 0 Å². The van der Waals surface area contributed by atoms with E-state index in [4.69, 9.17) is 4.98 Å². The maximum atomic E-state index is 13.3. The van der Waals surface area contributed by atoms with Crippen LogP contribution in [0.25, 0.3) is 17.1 Å². The van der Waals surface area contributed by atoms with Gasteiger partial charge in [-0.1, -0.05) is 24.8 Å². The van der Waals surface area contributed by atoms with Crippen molar-refractivity contribution in [2.75, 3.05) is 32.1 Å². The van der Waals surface area contributed by atoms with Crippen LogP contribution >= 0.6 is 0 Å². The molecular formula is C30H41N5O. The van der Waals surface area contributed by atoms with Crippen LogP contribution < -0.4 is 10.2 Å². The predicted molar refractivity (Wildman–Crippen MR) is 151 cm³/mol. The van der Waals surface area contributed by atoms with Crippen LogP contribution in [0.1, 0.15) is 59.9 Å². The third-order valence-corrected chi connectivity index (χ3v) is 7.88. The molecule has 2 aromatic carbocycles. The van der Waals surface area contributed by atoms with E-state index in [9.17, 15) is 4.79 Å². The Morgan fingerprint density at radius 2 is 1.86 bits per heavy atom. The van der Waals surface area contributed by atoms with Gasteiger partial charge in [-0.3, -0.25) is 4.79 Å². The van der Waals surface area contributed by atoms with Gasteiger partial charge in [0.05, 0.1) is 11.0 Å². The second-order valence-corrected chi connectivity index (χ2v) is 10.2. The van der Waals surface area contributed by atoms with Gasteiger partial charge in [-0.05, 0) is 89.0 Å². The van der Waals surface area contributed by atoms with Crippen molar-refractivity contribution >= 4 is 28.7 Å². The molecule has 0 spiro atoms. The molecule has 0 saturated heterocycles. The molecule has 1 N–H and O–H groups in total. The number of rotatable bonds is 9. The van der Waals surface area contributed by atoms with Crippen molar-refractivity contribution in [2.45, 2.75) is 58.0 Å². The van der Waals surface area contributed by atoms with E-state index in [1.54, 1.807) is 0 Å². The number of amides is 1. The molecule has 1 fully saturated rings. The summed E-state index contributed by atoms with van der Waals surface area (Å²) in [7, 11) is 6.39. The summed E-state index contributed by atoms with van der Waals surface area (Å²) in [6, 6.07) is 13.4. The Hall–Kier alpha value is -3.12. The fourth-order valence-corrected chi connectivity index (χ4v) is 5.69. The molecule has 6 nitrogen and oxygen atoms in total. The van der Waals surface area contributed by atoms with Gasteiger partial charge < -0.3 is 19.7 Å². The lowest BCUT2D eigenvalue weighted by atomic mass is 9.88. The number of para-hydroxylation sites is 2. The molecular weight excluding hydrogens is 446 g/mol. The minimum absolute atomic E-state index is 0.0383. The van der Waals surface area contributed by atoms with Gasteiger partial charge >= 0.3 is 0 Å². The van der Waals surface area contributed by atoms with Crippen LogP contribution in [0.4, 0.5) is 5.69 Å². The zero-order valence-electron chi connectivity index (χ0n) is 22.6. The van der Waals surface area contributed by atoms with Gasteiger partial charge in [-0.15, -0.1) is 0 Å². The highest BCUT2D eigenvalue weighted by molar-refractivity contribution is 5.98. The molecule has 3 aromatic rings. The average molecular weight is 488 g/mol. The Morgan fingerprint density at radius 1 is 1.17 bits per heavy atom. The SMILES string of the molecule is C=Cc1cc(C(=O)NCCc2nc3ccccc3n2C)c(C)c(N(CC)C2CCC(N(C)C)CC2)c1. The zero-order valence-corrected chi connectivity index (χ0v) is 22.6. The van der Waals surface area contributed by atoms with Crippen molar-refractivity contribution in [2.24, 2.45) is 7.05 Å². The number of nitrogens with zero attached hydrogens (tertiary/aromatic N) is 4. The van der Waals surface area contributed by atoms with Crippen molar-refractivity contribution in [1.29, 1.82) is 0 Å². The van der Waals surface area contributed by atoms with Crippen LogP contribution in [-0.4, -0.2) is 59.6 Å². The van der Waals surface area contributed by atoms with Crippen LogP contribution in [0.5, 0.6) is 0 Å². The first-order valence-corrected chi connectivity index (χ1v) is 13.2. The number of benzene rings is 2. The van der Waals surface area contributed by atoms with Crippen LogP contribution in [0.3, 0.4) is 0 Å². The topological polar surface area (TPSA) is 53.4 Å². The van der Waals surface area contributed by atoms with E-state index in [0.717, 1.165) is 45.8 Å². The molecule has 1 amide bonds. The Labute approximate surface area is 216 Å². The Bertz CT molecular complexity index is 1220. The lowest BCUT2D eigenvalue weighted by Crippen LogP contribution is -2.42. The quantitative estimate of drug-likeness (QED) is 0.451. The standard InChI is InChI=1S/C30H41N5O/c1-7-22-19-25(30(36)31-18-17-29-32-26-11-9-10-12-27(26)34(29)6)21(3)28(20-22)35(8-2)24-15-13-23(14-16-24)33(4)5/h7,9-12,19-20,23-24H,1,8,13-18H2,2-6H3,(H,31,36). The first kappa shape index (κ1) is 26.0. The summed E-state index contributed by atoms with van der Waals surface area (Å²) >= 11 is 0. The van der Waals surface area contributed by atoms with Crippen LogP contribution in [0, 0.1) is 6.92 Å². The van der Waals surface area contributed by atoms with E-state index in [0.29, 0.717) is 25.0 Å². The molecule has 1 heterocycles. The molecule has 0 bridgehead atoms. The maximum absolute atomic E-state index is 13.3. The summed E-state index contributed by atoms with van der Waals surface area (Å²) < 4.78 is 2.10. The molecule has 36 heavy (non-hydrogen) atoms. The number of hydrogen-bond acceptors (Lipinski definition) is 4. The van der Waals surface area contributed by atoms with Gasteiger partial charge in [0.2, 0.25) is 0 Å². The Balaban J connectivity index is 1.49. The van der Waals surface area contributed by atoms with E-state index in [1.807, 2.05) is 37.4 Å². The van der Waals surface area contributed by atoms with Gasteiger partial charge in [-0.2, -0.15) is 0 Å². The molecule has 6 heteroatoms. The van der Waals surface area contributed by atoms with Crippen LogP contribution in [-0.2, 0) is 13.5 Å². The highest BCUT2D eigenvalue weighted by atomic mass is 16.1. The lowest BCUT2D eigenvalue weighted by molar-refractivity contribution is 0.0953. The number of carbonyl (C=O) groups is 1. The molecule has 1 aromatic heterocycles. The number of anilines is 1.